The second kappa shape index (κ2) is 7.26. The number of pyridine rings is 1. The van der Waals surface area contributed by atoms with Crippen molar-refractivity contribution >= 4 is 0 Å². The van der Waals surface area contributed by atoms with Crippen LogP contribution in [0.4, 0.5) is 4.39 Å². The molecule has 0 aliphatic carbocycles. The smallest absolute Gasteiger partial charge is 0.123 e. The molecule has 3 aromatic rings. The number of nitrogens with two attached hydrogens (primary N) is 1. The summed E-state index contributed by atoms with van der Waals surface area (Å²) in [5, 5.41) is 0. The van der Waals surface area contributed by atoms with E-state index in [-0.39, 0.29) is 18.0 Å². The first-order chi connectivity index (χ1) is 12.7. The Morgan fingerprint density at radius 3 is 2.73 bits per heavy atom. The lowest BCUT2D eigenvalue weighted by Gasteiger charge is -2.30. The number of nitrogens with zero attached hydrogens (tertiary/aromatic N) is 1. The highest BCUT2D eigenvalue weighted by Crippen LogP contribution is 2.29. The zero-order valence-electron chi connectivity index (χ0n) is 14.4. The van der Waals surface area contributed by atoms with Gasteiger partial charge in [0.1, 0.15) is 17.7 Å². The monoisotopic (exact) mass is 348 g/mol. The lowest BCUT2D eigenvalue weighted by atomic mass is 9.94. The number of aromatic nitrogens is 1. The maximum Gasteiger partial charge on any atom is 0.123 e. The van der Waals surface area contributed by atoms with Crippen LogP contribution in [0.25, 0.3) is 11.1 Å². The number of hydrogen-bond donors (Lipinski definition) is 1. The summed E-state index contributed by atoms with van der Waals surface area (Å²) >= 11 is 0. The predicted octanol–water partition coefficient (Wildman–Crippen LogP) is 4.15. The second-order valence-electron chi connectivity index (χ2n) is 6.76. The Hall–Kier alpha value is -2.72. The molecule has 0 bridgehead atoms. The average molecular weight is 348 g/mol. The summed E-state index contributed by atoms with van der Waals surface area (Å²) in [4.78, 5) is 4.33. The highest BCUT2D eigenvalue weighted by Gasteiger charge is 2.25. The Balaban J connectivity index is 1.47. The molecule has 2 heterocycles. The third kappa shape index (κ3) is 3.60. The Morgan fingerprint density at radius 2 is 1.88 bits per heavy atom. The third-order valence-corrected chi connectivity index (χ3v) is 4.87. The first-order valence-corrected chi connectivity index (χ1v) is 8.89. The van der Waals surface area contributed by atoms with E-state index in [0.29, 0.717) is 6.42 Å². The van der Waals surface area contributed by atoms with Crippen LogP contribution < -0.4 is 10.5 Å². The Kier molecular flexibility index (Phi) is 4.67. The Bertz CT molecular complexity index is 895. The van der Waals surface area contributed by atoms with Crippen LogP contribution >= 0.6 is 0 Å². The summed E-state index contributed by atoms with van der Waals surface area (Å²) in [6, 6.07) is 16.5. The minimum absolute atomic E-state index is 0.000577. The van der Waals surface area contributed by atoms with Gasteiger partial charge in [-0.05, 0) is 60.2 Å². The largest absolute Gasteiger partial charge is 0.489 e. The first kappa shape index (κ1) is 16.7. The summed E-state index contributed by atoms with van der Waals surface area (Å²) in [5.74, 6) is 0.701. The molecule has 0 fully saturated rings. The molecule has 132 valence electrons. The van der Waals surface area contributed by atoms with Crippen molar-refractivity contribution in [3.63, 3.8) is 0 Å². The number of halogens is 1. The van der Waals surface area contributed by atoms with Gasteiger partial charge < -0.3 is 10.5 Å². The number of para-hydroxylation sites is 1. The van der Waals surface area contributed by atoms with Crippen molar-refractivity contribution in [2.45, 2.75) is 31.4 Å². The van der Waals surface area contributed by atoms with E-state index >= 15 is 0 Å². The molecule has 1 aliphatic heterocycles. The summed E-state index contributed by atoms with van der Waals surface area (Å²) in [7, 11) is 0. The average Bonchev–Trinajstić information content (AvgIpc) is 2.68. The zero-order chi connectivity index (χ0) is 17.9. The molecule has 4 heteroatoms. The quantitative estimate of drug-likeness (QED) is 0.770. The van der Waals surface area contributed by atoms with Gasteiger partial charge in [-0.3, -0.25) is 4.98 Å². The minimum atomic E-state index is -0.241. The summed E-state index contributed by atoms with van der Waals surface area (Å²) in [6.45, 7) is 0. The van der Waals surface area contributed by atoms with Crippen molar-refractivity contribution in [1.82, 2.24) is 4.98 Å². The fraction of sp³-hybridized carbons (Fsp3) is 0.227. The molecule has 3 nitrogen and oxygen atoms in total. The van der Waals surface area contributed by atoms with Gasteiger partial charge in [-0.1, -0.05) is 30.3 Å². The van der Waals surface area contributed by atoms with Crippen molar-refractivity contribution in [1.29, 1.82) is 0 Å². The van der Waals surface area contributed by atoms with E-state index in [9.17, 15) is 4.39 Å². The summed E-state index contributed by atoms with van der Waals surface area (Å²) < 4.78 is 19.2. The van der Waals surface area contributed by atoms with Gasteiger partial charge >= 0.3 is 0 Å². The van der Waals surface area contributed by atoms with Crippen molar-refractivity contribution in [3.8, 4) is 16.9 Å². The molecule has 4 rings (SSSR count). The van der Waals surface area contributed by atoms with Gasteiger partial charge in [0.2, 0.25) is 0 Å². The molecule has 0 spiro atoms. The highest BCUT2D eigenvalue weighted by molar-refractivity contribution is 5.62. The van der Waals surface area contributed by atoms with Crippen LogP contribution in [-0.2, 0) is 12.8 Å². The second-order valence-corrected chi connectivity index (χ2v) is 6.76. The van der Waals surface area contributed by atoms with Gasteiger partial charge in [0.15, 0.2) is 0 Å². The van der Waals surface area contributed by atoms with Gasteiger partial charge in [0.25, 0.3) is 0 Å². The summed E-state index contributed by atoms with van der Waals surface area (Å²) in [5.41, 5.74) is 10.7. The standard InChI is InChI=1S/C22H21FN2O/c23-19-8-5-16(6-9-19)18-11-15(13-25-14-18)12-20(24)22-10-7-17-3-1-2-4-21(17)26-22/h1-6,8-9,11,13-14,20,22H,7,10,12,24H2/t20-,22-/m1/s1. The van der Waals surface area contributed by atoms with Gasteiger partial charge in [0.05, 0.1) is 0 Å². The molecule has 0 radical (unpaired) electrons. The van der Waals surface area contributed by atoms with E-state index in [4.69, 9.17) is 10.5 Å². The molecule has 2 N–H and O–H groups in total. The van der Waals surface area contributed by atoms with Gasteiger partial charge in [-0.25, -0.2) is 4.39 Å². The number of ether oxygens (including phenoxy) is 1. The molecular formula is C22H21FN2O. The molecule has 2 atom stereocenters. The molecule has 1 aliphatic rings. The van der Waals surface area contributed by atoms with Gasteiger partial charge in [0, 0.05) is 24.0 Å². The van der Waals surface area contributed by atoms with Gasteiger partial charge in [-0.15, -0.1) is 0 Å². The highest BCUT2D eigenvalue weighted by atomic mass is 19.1. The van der Waals surface area contributed by atoms with Crippen molar-refractivity contribution in [2.24, 2.45) is 5.73 Å². The lowest BCUT2D eigenvalue weighted by molar-refractivity contribution is 0.144. The molecule has 2 aromatic carbocycles. The van der Waals surface area contributed by atoms with E-state index < -0.39 is 0 Å². The lowest BCUT2D eigenvalue weighted by Crippen LogP contribution is -2.42. The normalized spacial score (nSPS) is 17.2. The topological polar surface area (TPSA) is 48.1 Å². The van der Waals surface area contributed by atoms with Crippen molar-refractivity contribution < 1.29 is 9.13 Å². The number of benzene rings is 2. The molecular weight excluding hydrogens is 327 g/mol. The van der Waals surface area contributed by atoms with Crippen molar-refractivity contribution in [3.05, 3.63) is 83.9 Å². The fourth-order valence-corrected chi connectivity index (χ4v) is 3.45. The molecule has 1 aromatic heterocycles. The van der Waals surface area contributed by atoms with E-state index in [0.717, 1.165) is 35.3 Å². The van der Waals surface area contributed by atoms with Crippen LogP contribution in [-0.4, -0.2) is 17.1 Å². The third-order valence-electron chi connectivity index (χ3n) is 4.87. The first-order valence-electron chi connectivity index (χ1n) is 8.89. The van der Waals surface area contributed by atoms with E-state index in [1.54, 1.807) is 18.3 Å². The number of fused-ring (bicyclic) bond motifs is 1. The molecule has 0 saturated heterocycles. The van der Waals surface area contributed by atoms with Crippen LogP contribution in [0, 0.1) is 5.82 Å². The van der Waals surface area contributed by atoms with Crippen LogP contribution in [0.2, 0.25) is 0 Å². The van der Waals surface area contributed by atoms with Crippen LogP contribution in [0.15, 0.2) is 67.0 Å². The molecule has 26 heavy (non-hydrogen) atoms. The maximum atomic E-state index is 13.1. The number of rotatable bonds is 4. The SMILES string of the molecule is N[C@H](Cc1cncc(-c2ccc(F)cc2)c1)[C@H]1CCc2ccccc2O1. The minimum Gasteiger partial charge on any atom is -0.489 e. The van der Waals surface area contributed by atoms with Crippen LogP contribution in [0.1, 0.15) is 17.5 Å². The fourth-order valence-electron chi connectivity index (χ4n) is 3.45. The number of aryl methyl sites for hydroxylation is 1. The van der Waals surface area contributed by atoms with E-state index in [1.165, 1.54) is 17.7 Å². The maximum absolute atomic E-state index is 13.1. The summed E-state index contributed by atoms with van der Waals surface area (Å²) in [6.07, 6.45) is 6.22. The zero-order valence-corrected chi connectivity index (χ0v) is 14.4. The van der Waals surface area contributed by atoms with Gasteiger partial charge in [-0.2, -0.15) is 0 Å². The number of hydrogen-bond acceptors (Lipinski definition) is 3. The van der Waals surface area contributed by atoms with Crippen molar-refractivity contribution in [2.75, 3.05) is 0 Å². The van der Waals surface area contributed by atoms with Crippen LogP contribution in [0.3, 0.4) is 0 Å². The molecule has 0 saturated carbocycles. The molecule has 0 amide bonds. The van der Waals surface area contributed by atoms with E-state index in [2.05, 4.69) is 17.1 Å². The Morgan fingerprint density at radius 1 is 1.08 bits per heavy atom. The predicted molar refractivity (Wildman–Crippen MR) is 100 cm³/mol. The Labute approximate surface area is 152 Å². The van der Waals surface area contributed by atoms with Crippen LogP contribution in [0.5, 0.6) is 5.75 Å². The van der Waals surface area contributed by atoms with E-state index in [1.807, 2.05) is 24.4 Å². The molecule has 0 unspecified atom stereocenters.